The van der Waals surface area contributed by atoms with Crippen LogP contribution >= 0.6 is 0 Å². The molecule has 2 amide bonds. The van der Waals surface area contributed by atoms with Gasteiger partial charge in [-0.1, -0.05) is 58.6 Å². The second-order valence-corrected chi connectivity index (χ2v) is 12.8. The van der Waals surface area contributed by atoms with E-state index in [1.807, 2.05) is 32.6 Å². The standard InChI is InChI=1S/C32H50N2O6/c1-7-10-14-18-39-30(38)26-25-28(36)34(24(20-35)21(4)9-3)27(32(25)19-22(5)31(26,6)40-32)29(37)33(17-8-2)23-15-12-11-13-16-23/h7-8,21-27,35H,1-2,9-20H2,3-6H3/t21-,22?,24-,25-,26+,27?,31-,32?/m0/s1. The quantitative estimate of drug-likeness (QED) is 0.206. The first-order valence-electron chi connectivity index (χ1n) is 15.4. The van der Waals surface area contributed by atoms with Crippen molar-refractivity contribution in [2.75, 3.05) is 19.8 Å². The first-order valence-corrected chi connectivity index (χ1v) is 15.4. The molecule has 4 fully saturated rings. The average molecular weight is 559 g/mol. The summed E-state index contributed by atoms with van der Waals surface area (Å²) >= 11 is 0. The van der Waals surface area contributed by atoms with Gasteiger partial charge in [-0.25, -0.2) is 0 Å². The van der Waals surface area contributed by atoms with Crippen LogP contribution in [0, 0.1) is 23.7 Å². The lowest BCUT2D eigenvalue weighted by molar-refractivity contribution is -0.165. The molecule has 4 rings (SSSR count). The van der Waals surface area contributed by atoms with Crippen LogP contribution in [0.25, 0.3) is 0 Å². The van der Waals surface area contributed by atoms with Gasteiger partial charge in [0.15, 0.2) is 0 Å². The van der Waals surface area contributed by atoms with Crippen molar-refractivity contribution in [2.45, 2.75) is 115 Å². The van der Waals surface area contributed by atoms with Crippen LogP contribution in [0.15, 0.2) is 25.3 Å². The number of nitrogens with zero attached hydrogens (tertiary/aromatic N) is 2. The number of hydrogen-bond acceptors (Lipinski definition) is 6. The van der Waals surface area contributed by atoms with Crippen LogP contribution in [-0.4, -0.2) is 81.8 Å². The van der Waals surface area contributed by atoms with E-state index in [4.69, 9.17) is 9.47 Å². The second-order valence-electron chi connectivity index (χ2n) is 12.8. The van der Waals surface area contributed by atoms with E-state index in [9.17, 15) is 19.5 Å². The van der Waals surface area contributed by atoms with Gasteiger partial charge in [0, 0.05) is 12.6 Å². The zero-order valence-corrected chi connectivity index (χ0v) is 25.0. The highest BCUT2D eigenvalue weighted by Crippen LogP contribution is 2.66. The molecule has 0 radical (unpaired) electrons. The molecule has 8 atom stereocenters. The molecule has 0 aromatic rings. The van der Waals surface area contributed by atoms with Crippen molar-refractivity contribution >= 4 is 17.8 Å². The van der Waals surface area contributed by atoms with E-state index >= 15 is 0 Å². The van der Waals surface area contributed by atoms with Gasteiger partial charge in [-0.3, -0.25) is 14.4 Å². The van der Waals surface area contributed by atoms with Gasteiger partial charge in [0.2, 0.25) is 11.8 Å². The predicted octanol–water partition coefficient (Wildman–Crippen LogP) is 4.26. The summed E-state index contributed by atoms with van der Waals surface area (Å²) in [4.78, 5) is 46.5. The fourth-order valence-electron chi connectivity index (χ4n) is 8.08. The molecular formula is C32H50N2O6. The summed E-state index contributed by atoms with van der Waals surface area (Å²) in [7, 11) is 0. The second kappa shape index (κ2) is 12.4. The molecule has 3 unspecified atom stereocenters. The summed E-state index contributed by atoms with van der Waals surface area (Å²) in [5, 5.41) is 10.6. The fraction of sp³-hybridized carbons (Fsp3) is 0.781. The Balaban J connectivity index is 1.79. The van der Waals surface area contributed by atoms with Gasteiger partial charge in [-0.15, -0.1) is 13.2 Å². The Bertz CT molecular complexity index is 978. The Morgan fingerprint density at radius 3 is 2.55 bits per heavy atom. The number of carbonyl (C=O) groups is 3. The number of allylic oxidation sites excluding steroid dienone is 1. The molecule has 0 aromatic carbocycles. The molecule has 3 aliphatic heterocycles. The van der Waals surface area contributed by atoms with Crippen LogP contribution in [0.3, 0.4) is 0 Å². The van der Waals surface area contributed by atoms with Crippen molar-refractivity contribution in [1.82, 2.24) is 9.80 Å². The van der Waals surface area contributed by atoms with Crippen LogP contribution < -0.4 is 0 Å². The van der Waals surface area contributed by atoms with Crippen LogP contribution in [0.1, 0.15) is 85.5 Å². The first-order chi connectivity index (χ1) is 19.1. The van der Waals surface area contributed by atoms with Gasteiger partial charge in [0.1, 0.15) is 17.6 Å². The summed E-state index contributed by atoms with van der Waals surface area (Å²) in [6.07, 6.45) is 11.3. The van der Waals surface area contributed by atoms with E-state index in [1.165, 1.54) is 0 Å². The summed E-state index contributed by atoms with van der Waals surface area (Å²) < 4.78 is 12.6. The van der Waals surface area contributed by atoms with Crippen LogP contribution in [0.2, 0.25) is 0 Å². The third kappa shape index (κ3) is 4.93. The number of aliphatic hydroxyl groups excluding tert-OH is 1. The highest BCUT2D eigenvalue weighted by atomic mass is 16.6. The molecule has 2 bridgehead atoms. The normalized spacial score (nSPS) is 34.8. The summed E-state index contributed by atoms with van der Waals surface area (Å²) in [5.41, 5.74) is -2.07. The molecule has 1 N–H and O–H groups in total. The Morgan fingerprint density at radius 2 is 1.95 bits per heavy atom. The number of carbonyl (C=O) groups excluding carboxylic acids is 3. The molecule has 224 valence electrons. The zero-order valence-electron chi connectivity index (χ0n) is 25.0. The Labute approximate surface area is 240 Å². The monoisotopic (exact) mass is 558 g/mol. The SMILES string of the molecule is C=CCCCOC(=O)[C@H]1[C@H]2C(=O)N([C@@H](CO)[C@@H](C)CC)C(C(=O)N(CC=C)C3CCCCC3)C23CC(C)[C@]1(C)O3. The molecular weight excluding hydrogens is 508 g/mol. The maximum atomic E-state index is 14.8. The van der Waals surface area contributed by atoms with Crippen molar-refractivity contribution in [3.63, 3.8) is 0 Å². The third-order valence-corrected chi connectivity index (χ3v) is 10.5. The van der Waals surface area contributed by atoms with Gasteiger partial charge >= 0.3 is 5.97 Å². The number of ether oxygens (including phenoxy) is 2. The molecule has 4 aliphatic rings. The molecule has 8 heteroatoms. The minimum absolute atomic E-state index is 0.0449. The van der Waals surface area contributed by atoms with E-state index in [0.29, 0.717) is 19.4 Å². The van der Waals surface area contributed by atoms with E-state index in [2.05, 4.69) is 13.2 Å². The van der Waals surface area contributed by atoms with Gasteiger partial charge in [-0.2, -0.15) is 0 Å². The molecule has 1 aliphatic carbocycles. The molecule has 1 spiro atoms. The number of aliphatic hydroxyl groups is 1. The topological polar surface area (TPSA) is 96.4 Å². The summed E-state index contributed by atoms with van der Waals surface area (Å²) in [5.74, 6) is -2.61. The number of amides is 2. The van der Waals surface area contributed by atoms with Crippen LogP contribution in [-0.2, 0) is 23.9 Å². The minimum Gasteiger partial charge on any atom is -0.465 e. The van der Waals surface area contributed by atoms with Crippen molar-refractivity contribution in [1.29, 1.82) is 0 Å². The minimum atomic E-state index is -1.15. The van der Waals surface area contributed by atoms with Gasteiger partial charge in [0.05, 0.1) is 30.8 Å². The highest BCUT2D eigenvalue weighted by Gasteiger charge is 2.81. The van der Waals surface area contributed by atoms with E-state index in [-0.39, 0.29) is 42.9 Å². The van der Waals surface area contributed by atoms with Crippen molar-refractivity contribution in [2.24, 2.45) is 23.7 Å². The molecule has 40 heavy (non-hydrogen) atoms. The molecule has 3 heterocycles. The van der Waals surface area contributed by atoms with Crippen LogP contribution in [0.5, 0.6) is 0 Å². The smallest absolute Gasteiger partial charge is 0.312 e. The Kier molecular flexibility index (Phi) is 9.50. The number of hydrogen-bond donors (Lipinski definition) is 1. The van der Waals surface area contributed by atoms with Crippen LogP contribution in [0.4, 0.5) is 0 Å². The van der Waals surface area contributed by atoms with Gasteiger partial charge in [0.25, 0.3) is 0 Å². The maximum absolute atomic E-state index is 14.8. The number of likely N-dealkylation sites (tertiary alicyclic amines) is 1. The maximum Gasteiger partial charge on any atom is 0.312 e. The average Bonchev–Trinajstić information content (AvgIpc) is 3.46. The summed E-state index contributed by atoms with van der Waals surface area (Å²) in [6, 6.07) is -1.40. The lowest BCUT2D eigenvalue weighted by atomic mass is 9.62. The highest BCUT2D eigenvalue weighted by molar-refractivity contribution is 5.99. The molecule has 0 aromatic heterocycles. The Morgan fingerprint density at radius 1 is 1.25 bits per heavy atom. The number of esters is 1. The zero-order chi connectivity index (χ0) is 29.2. The van der Waals surface area contributed by atoms with Gasteiger partial charge < -0.3 is 24.4 Å². The number of unbranched alkanes of at least 4 members (excludes halogenated alkanes) is 1. The lowest BCUT2D eigenvalue weighted by Gasteiger charge is -2.43. The molecule has 3 saturated heterocycles. The number of rotatable bonds is 13. The Hall–Kier alpha value is -2.19. The van der Waals surface area contributed by atoms with Crippen molar-refractivity contribution in [3.8, 4) is 0 Å². The van der Waals surface area contributed by atoms with Crippen molar-refractivity contribution in [3.05, 3.63) is 25.3 Å². The van der Waals surface area contributed by atoms with Gasteiger partial charge in [-0.05, 0) is 50.9 Å². The lowest BCUT2D eigenvalue weighted by Crippen LogP contribution is -2.61. The third-order valence-electron chi connectivity index (χ3n) is 10.5. The van der Waals surface area contributed by atoms with Crippen molar-refractivity contribution < 1.29 is 29.0 Å². The van der Waals surface area contributed by atoms with E-state index in [0.717, 1.165) is 44.9 Å². The molecule has 8 nitrogen and oxygen atoms in total. The largest absolute Gasteiger partial charge is 0.465 e. The molecule has 1 saturated carbocycles. The number of fused-ring (bicyclic) bond motifs is 1. The van der Waals surface area contributed by atoms with E-state index < -0.39 is 41.1 Å². The predicted molar refractivity (Wildman–Crippen MR) is 153 cm³/mol. The fourth-order valence-corrected chi connectivity index (χ4v) is 8.08. The first kappa shape index (κ1) is 30.8. The summed E-state index contributed by atoms with van der Waals surface area (Å²) in [6.45, 7) is 16.0. The van der Waals surface area contributed by atoms with E-state index in [1.54, 1.807) is 17.1 Å².